The van der Waals surface area contributed by atoms with E-state index in [1.165, 1.54) is 4.31 Å². The fourth-order valence-electron chi connectivity index (χ4n) is 4.59. The van der Waals surface area contributed by atoms with Crippen molar-refractivity contribution in [2.75, 3.05) is 16.2 Å². The molecule has 1 aromatic heterocycles. The van der Waals surface area contributed by atoms with E-state index in [1.807, 2.05) is 50.2 Å². The molecular formula is C29H24N2O5S. The molecule has 0 saturated heterocycles. The predicted octanol–water partition coefficient (Wildman–Crippen LogP) is 5.80. The van der Waals surface area contributed by atoms with E-state index in [1.54, 1.807) is 48.5 Å². The molecule has 186 valence electrons. The number of sulfonamides is 1. The number of aryl methyl sites for hydroxylation is 2. The molecule has 0 spiro atoms. The molecule has 37 heavy (non-hydrogen) atoms. The first-order valence-electron chi connectivity index (χ1n) is 11.9. The van der Waals surface area contributed by atoms with Gasteiger partial charge in [-0.25, -0.2) is 8.42 Å². The van der Waals surface area contributed by atoms with Crippen LogP contribution in [0.1, 0.15) is 11.1 Å². The Balaban J connectivity index is 1.32. The third kappa shape index (κ3) is 4.09. The van der Waals surface area contributed by atoms with Crippen LogP contribution in [-0.4, -0.2) is 27.0 Å². The van der Waals surface area contributed by atoms with Gasteiger partial charge in [-0.2, -0.15) is 0 Å². The second kappa shape index (κ2) is 8.67. The summed E-state index contributed by atoms with van der Waals surface area (Å²) in [5.74, 6) is -0.119. The minimum absolute atomic E-state index is 0.155. The molecule has 0 aliphatic carbocycles. The Hall–Kier alpha value is -4.30. The fourth-order valence-corrected chi connectivity index (χ4v) is 6.06. The van der Waals surface area contributed by atoms with Crippen LogP contribution in [0.25, 0.3) is 21.9 Å². The maximum absolute atomic E-state index is 13.7. The van der Waals surface area contributed by atoms with E-state index in [9.17, 15) is 13.2 Å². The minimum atomic E-state index is -3.93. The highest BCUT2D eigenvalue weighted by atomic mass is 32.2. The van der Waals surface area contributed by atoms with Gasteiger partial charge in [0.1, 0.15) is 16.9 Å². The number of rotatable bonds is 4. The van der Waals surface area contributed by atoms with Crippen molar-refractivity contribution in [1.29, 1.82) is 0 Å². The summed E-state index contributed by atoms with van der Waals surface area (Å²) in [7, 11) is -3.93. The van der Waals surface area contributed by atoms with E-state index in [-0.39, 0.29) is 11.4 Å². The smallest absolute Gasteiger partial charge is 0.267 e. The number of fused-ring (bicyclic) bond motifs is 4. The molecule has 1 amide bonds. The number of para-hydroxylation sites is 1. The van der Waals surface area contributed by atoms with Gasteiger partial charge < -0.3 is 14.5 Å². The minimum Gasteiger partial charge on any atom is -0.476 e. The lowest BCUT2D eigenvalue weighted by Gasteiger charge is -2.35. The van der Waals surface area contributed by atoms with E-state index in [2.05, 4.69) is 5.32 Å². The highest BCUT2D eigenvalue weighted by Crippen LogP contribution is 2.38. The largest absolute Gasteiger partial charge is 0.476 e. The molecule has 0 saturated carbocycles. The van der Waals surface area contributed by atoms with Crippen molar-refractivity contribution in [3.63, 3.8) is 0 Å². The monoisotopic (exact) mass is 512 g/mol. The Bertz CT molecular complexity index is 1770. The van der Waals surface area contributed by atoms with Crippen LogP contribution in [0.3, 0.4) is 0 Å². The molecule has 1 aliphatic rings. The second-order valence-electron chi connectivity index (χ2n) is 9.23. The molecule has 0 fully saturated rings. The normalized spacial score (nSPS) is 15.4. The molecule has 0 bridgehead atoms. The highest BCUT2D eigenvalue weighted by molar-refractivity contribution is 7.92. The lowest BCUT2D eigenvalue weighted by atomic mass is 10.1. The Morgan fingerprint density at radius 2 is 1.59 bits per heavy atom. The lowest BCUT2D eigenvalue weighted by molar-refractivity contribution is -0.122. The first-order chi connectivity index (χ1) is 17.8. The van der Waals surface area contributed by atoms with Gasteiger partial charge in [0.2, 0.25) is 0 Å². The number of hydrogen-bond donors (Lipinski definition) is 1. The standard InChI is InChI=1S/C29H24N2O5S/c1-18-7-11-21(12-8-18)37(33,34)31-17-28(36-26-14-9-19(2)15-24(26)31)29(32)30-20-10-13-23-22-5-3-4-6-25(22)35-27(23)16-20/h3-16,28H,17H2,1-2H3,(H,30,32). The van der Waals surface area contributed by atoms with Gasteiger partial charge in [-0.3, -0.25) is 9.10 Å². The summed E-state index contributed by atoms with van der Waals surface area (Å²) in [5, 5.41) is 4.81. The van der Waals surface area contributed by atoms with Gasteiger partial charge in [-0.05, 0) is 61.9 Å². The zero-order valence-corrected chi connectivity index (χ0v) is 21.1. The summed E-state index contributed by atoms with van der Waals surface area (Å²) in [5.41, 5.74) is 4.19. The second-order valence-corrected chi connectivity index (χ2v) is 11.1. The fraction of sp³-hybridized carbons (Fsp3) is 0.138. The number of nitrogens with zero attached hydrogens (tertiary/aromatic N) is 1. The van der Waals surface area contributed by atoms with Crippen molar-refractivity contribution in [3.8, 4) is 5.75 Å². The van der Waals surface area contributed by atoms with E-state index in [0.717, 1.165) is 27.5 Å². The summed E-state index contributed by atoms with van der Waals surface area (Å²) >= 11 is 0. The number of hydrogen-bond acceptors (Lipinski definition) is 5. The Morgan fingerprint density at radius 1 is 0.865 bits per heavy atom. The maximum atomic E-state index is 13.7. The van der Waals surface area contributed by atoms with Crippen LogP contribution >= 0.6 is 0 Å². The van der Waals surface area contributed by atoms with E-state index >= 15 is 0 Å². The average Bonchev–Trinajstić information content (AvgIpc) is 3.26. The van der Waals surface area contributed by atoms with Crippen LogP contribution in [-0.2, 0) is 14.8 Å². The van der Waals surface area contributed by atoms with Crippen molar-refractivity contribution in [1.82, 2.24) is 0 Å². The first-order valence-corrected chi connectivity index (χ1v) is 13.3. The maximum Gasteiger partial charge on any atom is 0.267 e. The van der Waals surface area contributed by atoms with E-state index in [0.29, 0.717) is 22.7 Å². The van der Waals surface area contributed by atoms with Crippen LogP contribution in [0, 0.1) is 13.8 Å². The summed E-state index contributed by atoms with van der Waals surface area (Å²) in [6, 6.07) is 25.1. The summed E-state index contributed by atoms with van der Waals surface area (Å²) in [4.78, 5) is 13.5. The van der Waals surface area contributed by atoms with Gasteiger partial charge in [-0.15, -0.1) is 0 Å². The number of anilines is 2. The van der Waals surface area contributed by atoms with Crippen LogP contribution in [0.15, 0.2) is 94.2 Å². The van der Waals surface area contributed by atoms with Gasteiger partial charge in [-0.1, -0.05) is 42.0 Å². The molecule has 2 heterocycles. The molecule has 1 N–H and O–H groups in total. The molecular weight excluding hydrogens is 488 g/mol. The topological polar surface area (TPSA) is 88.9 Å². The van der Waals surface area contributed by atoms with Crippen molar-refractivity contribution in [3.05, 3.63) is 96.1 Å². The molecule has 5 aromatic rings. The Morgan fingerprint density at radius 3 is 2.41 bits per heavy atom. The number of amides is 1. The zero-order valence-electron chi connectivity index (χ0n) is 20.3. The Labute approximate surface area is 214 Å². The summed E-state index contributed by atoms with van der Waals surface area (Å²) in [6.07, 6.45) is -1.05. The molecule has 1 unspecified atom stereocenters. The molecule has 1 atom stereocenters. The quantitative estimate of drug-likeness (QED) is 0.329. The third-order valence-corrected chi connectivity index (χ3v) is 8.33. The molecule has 1 aliphatic heterocycles. The molecule has 0 radical (unpaired) electrons. The highest BCUT2D eigenvalue weighted by Gasteiger charge is 2.37. The van der Waals surface area contributed by atoms with Gasteiger partial charge in [0.05, 0.1) is 17.1 Å². The van der Waals surface area contributed by atoms with Gasteiger partial charge in [0.25, 0.3) is 15.9 Å². The van der Waals surface area contributed by atoms with E-state index in [4.69, 9.17) is 9.15 Å². The average molecular weight is 513 g/mol. The lowest BCUT2D eigenvalue weighted by Crippen LogP contribution is -2.48. The van der Waals surface area contributed by atoms with Gasteiger partial charge in [0, 0.05) is 22.5 Å². The molecule has 4 aromatic carbocycles. The van der Waals surface area contributed by atoms with Crippen LogP contribution in [0.5, 0.6) is 5.75 Å². The van der Waals surface area contributed by atoms with Crippen molar-refractivity contribution in [2.45, 2.75) is 24.8 Å². The van der Waals surface area contributed by atoms with Gasteiger partial charge in [0.15, 0.2) is 6.10 Å². The number of furan rings is 1. The SMILES string of the molecule is Cc1ccc(S(=O)(=O)N2CC(C(=O)Nc3ccc4c(c3)oc3ccccc34)Oc3ccc(C)cc32)cc1. The third-order valence-electron chi connectivity index (χ3n) is 6.53. The van der Waals surface area contributed by atoms with Crippen molar-refractivity contribution < 1.29 is 22.4 Å². The number of nitrogens with one attached hydrogen (secondary N) is 1. The Kier molecular flexibility index (Phi) is 5.42. The van der Waals surface area contributed by atoms with E-state index < -0.39 is 22.0 Å². The predicted molar refractivity (Wildman–Crippen MR) is 144 cm³/mol. The number of benzene rings is 4. The zero-order chi connectivity index (χ0) is 25.7. The van der Waals surface area contributed by atoms with Crippen LogP contribution in [0.2, 0.25) is 0 Å². The number of carbonyl (C=O) groups is 1. The molecule has 7 nitrogen and oxygen atoms in total. The summed E-state index contributed by atoms with van der Waals surface area (Å²) in [6.45, 7) is 3.61. The molecule has 6 rings (SSSR count). The van der Waals surface area contributed by atoms with Crippen molar-refractivity contribution >= 4 is 49.2 Å². The van der Waals surface area contributed by atoms with Crippen LogP contribution in [0.4, 0.5) is 11.4 Å². The molecule has 8 heteroatoms. The number of carbonyl (C=O) groups excluding carboxylic acids is 1. The van der Waals surface area contributed by atoms with Crippen LogP contribution < -0.4 is 14.4 Å². The first kappa shape index (κ1) is 23.1. The number of ether oxygens (including phenoxy) is 1. The van der Waals surface area contributed by atoms with Gasteiger partial charge >= 0.3 is 0 Å². The van der Waals surface area contributed by atoms with Crippen molar-refractivity contribution in [2.24, 2.45) is 0 Å². The summed E-state index contributed by atoms with van der Waals surface area (Å²) < 4.78 is 40.5.